The van der Waals surface area contributed by atoms with E-state index in [9.17, 15) is 0 Å². The third-order valence-corrected chi connectivity index (χ3v) is 9.00. The van der Waals surface area contributed by atoms with Gasteiger partial charge >= 0.3 is 0 Å². The normalized spacial score (nSPS) is 12.6. The first-order chi connectivity index (χ1) is 11.6. The molecule has 1 heterocycles. The first-order valence-corrected chi connectivity index (χ1v) is 16.1. The predicted octanol–water partition coefficient (Wildman–Crippen LogP) is 5.30. The third kappa shape index (κ3) is 3.77. The molecule has 0 fully saturated rings. The molecule has 0 aliphatic rings. The van der Waals surface area contributed by atoms with Gasteiger partial charge in [-0.05, 0) is 24.6 Å². The molecule has 3 aromatic rings. The van der Waals surface area contributed by atoms with Crippen LogP contribution in [0.5, 0.6) is 0 Å². The Balaban J connectivity index is 2.07. The van der Waals surface area contributed by atoms with Crippen LogP contribution in [-0.2, 0) is 0 Å². The Hall–Kier alpha value is -1.72. The van der Waals surface area contributed by atoms with Gasteiger partial charge in [-0.3, -0.25) is 0 Å². The zero-order chi connectivity index (χ0) is 18.4. The topological polar surface area (TPSA) is 12.9 Å². The Morgan fingerprint density at radius 2 is 1.24 bits per heavy atom. The lowest BCUT2D eigenvalue weighted by Crippen LogP contribution is -2.37. The molecule has 0 radical (unpaired) electrons. The fourth-order valence-electron chi connectivity index (χ4n) is 3.17. The molecule has 0 unspecified atom stereocenters. The van der Waals surface area contributed by atoms with Crippen LogP contribution in [0.4, 0.5) is 0 Å². The highest BCUT2D eigenvalue weighted by Gasteiger charge is 2.18. The minimum Gasteiger partial charge on any atom is -0.248 e. The molecule has 1 aromatic heterocycles. The summed E-state index contributed by atoms with van der Waals surface area (Å²) >= 11 is 0. The summed E-state index contributed by atoms with van der Waals surface area (Å²) in [6.07, 6.45) is 0. The number of hydrogen-bond acceptors (Lipinski definition) is 1. The van der Waals surface area contributed by atoms with Gasteiger partial charge in [0.05, 0.1) is 27.4 Å². The van der Waals surface area contributed by atoms with Crippen molar-refractivity contribution in [3.8, 4) is 11.3 Å². The Morgan fingerprint density at radius 3 is 1.80 bits per heavy atom. The van der Waals surface area contributed by atoms with Gasteiger partial charge in [-0.25, -0.2) is 4.98 Å². The molecule has 3 rings (SSSR count). The molecule has 3 heteroatoms. The standard InChI is InChI=1S/C22H29NSi2/c1-16-14-18-15-20(25(5,6)7)12-13-21(18)23-22(16)17-8-10-19(11-9-17)24(2,3)4/h8-15H,1-7H3. The molecular formula is C22H29NSi2. The van der Waals surface area contributed by atoms with Gasteiger partial charge in [0, 0.05) is 10.9 Å². The molecule has 0 saturated heterocycles. The lowest BCUT2D eigenvalue weighted by molar-refractivity contribution is 1.33. The SMILES string of the molecule is Cc1cc2cc([Si](C)(C)C)ccc2nc1-c1ccc([Si](C)(C)C)cc1. The molecule has 0 N–H and O–H groups in total. The van der Waals surface area contributed by atoms with Crippen LogP contribution in [0.2, 0.25) is 39.3 Å². The van der Waals surface area contributed by atoms with Crippen molar-refractivity contribution in [1.82, 2.24) is 4.98 Å². The largest absolute Gasteiger partial charge is 0.248 e. The Morgan fingerprint density at radius 1 is 0.680 bits per heavy atom. The smallest absolute Gasteiger partial charge is 0.0776 e. The number of benzene rings is 2. The van der Waals surface area contributed by atoms with E-state index in [0.29, 0.717) is 0 Å². The summed E-state index contributed by atoms with van der Waals surface area (Å²) in [7, 11) is -2.55. The second kappa shape index (κ2) is 6.22. The monoisotopic (exact) mass is 363 g/mol. The van der Waals surface area contributed by atoms with Gasteiger partial charge in [-0.1, -0.05) is 86.1 Å². The second-order valence-corrected chi connectivity index (χ2v) is 19.3. The lowest BCUT2D eigenvalue weighted by Gasteiger charge is -2.18. The van der Waals surface area contributed by atoms with Gasteiger partial charge in [0.15, 0.2) is 0 Å². The number of nitrogens with zero attached hydrogens (tertiary/aromatic N) is 1. The van der Waals surface area contributed by atoms with E-state index in [1.54, 1.807) is 0 Å². The average Bonchev–Trinajstić information content (AvgIpc) is 2.52. The van der Waals surface area contributed by atoms with Gasteiger partial charge in [-0.2, -0.15) is 0 Å². The van der Waals surface area contributed by atoms with Crippen LogP contribution in [0.25, 0.3) is 22.2 Å². The summed E-state index contributed by atoms with van der Waals surface area (Å²) in [6.45, 7) is 16.5. The minimum atomic E-state index is -1.29. The number of aromatic nitrogens is 1. The molecule has 0 spiro atoms. The summed E-state index contributed by atoms with van der Waals surface area (Å²) in [6, 6.07) is 18.2. The molecule has 0 amide bonds. The zero-order valence-corrected chi connectivity index (χ0v) is 18.6. The van der Waals surface area contributed by atoms with Gasteiger partial charge in [0.2, 0.25) is 0 Å². The molecule has 0 aliphatic carbocycles. The maximum Gasteiger partial charge on any atom is 0.0776 e. The molecule has 0 saturated carbocycles. The van der Waals surface area contributed by atoms with Crippen LogP contribution in [0.15, 0.2) is 48.5 Å². The molecule has 130 valence electrons. The number of aryl methyl sites for hydroxylation is 1. The number of hydrogen-bond donors (Lipinski definition) is 0. The van der Waals surface area contributed by atoms with Gasteiger partial charge in [-0.15, -0.1) is 0 Å². The van der Waals surface area contributed by atoms with E-state index in [-0.39, 0.29) is 0 Å². The van der Waals surface area contributed by atoms with E-state index < -0.39 is 16.1 Å². The van der Waals surface area contributed by atoms with Gasteiger partial charge in [0.25, 0.3) is 0 Å². The lowest BCUT2D eigenvalue weighted by atomic mass is 10.0. The fraction of sp³-hybridized carbons (Fsp3) is 0.318. The molecule has 25 heavy (non-hydrogen) atoms. The number of pyridine rings is 1. The zero-order valence-electron chi connectivity index (χ0n) is 16.6. The van der Waals surface area contributed by atoms with Crippen LogP contribution in [-0.4, -0.2) is 21.1 Å². The van der Waals surface area contributed by atoms with E-state index in [4.69, 9.17) is 4.98 Å². The summed E-state index contributed by atoms with van der Waals surface area (Å²) in [5.41, 5.74) is 4.67. The Kier molecular flexibility index (Phi) is 4.50. The third-order valence-electron chi connectivity index (χ3n) is 4.90. The van der Waals surface area contributed by atoms with Gasteiger partial charge < -0.3 is 0 Å². The van der Waals surface area contributed by atoms with Crippen molar-refractivity contribution in [2.24, 2.45) is 0 Å². The van der Waals surface area contributed by atoms with E-state index in [0.717, 1.165) is 11.2 Å². The minimum absolute atomic E-state index is 1.09. The van der Waals surface area contributed by atoms with Crippen molar-refractivity contribution in [2.45, 2.75) is 46.2 Å². The first-order valence-electron chi connectivity index (χ1n) is 9.08. The van der Waals surface area contributed by atoms with E-state index in [1.165, 1.54) is 26.9 Å². The highest BCUT2D eigenvalue weighted by atomic mass is 28.3. The Bertz CT molecular complexity index is 914. The van der Waals surface area contributed by atoms with Crippen LogP contribution in [0.3, 0.4) is 0 Å². The molecular weight excluding hydrogens is 334 g/mol. The first kappa shape index (κ1) is 18.1. The van der Waals surface area contributed by atoms with Crippen molar-refractivity contribution in [1.29, 1.82) is 0 Å². The highest BCUT2D eigenvalue weighted by Crippen LogP contribution is 2.25. The summed E-state index contributed by atoms with van der Waals surface area (Å²) in [4.78, 5) is 4.99. The summed E-state index contributed by atoms with van der Waals surface area (Å²) < 4.78 is 0. The quantitative estimate of drug-likeness (QED) is 0.575. The molecule has 0 bridgehead atoms. The second-order valence-electron chi connectivity index (χ2n) is 9.14. The predicted molar refractivity (Wildman–Crippen MR) is 118 cm³/mol. The average molecular weight is 364 g/mol. The van der Waals surface area contributed by atoms with E-state index >= 15 is 0 Å². The summed E-state index contributed by atoms with van der Waals surface area (Å²) in [5, 5.41) is 4.25. The van der Waals surface area contributed by atoms with Crippen molar-refractivity contribution in [2.75, 3.05) is 0 Å². The van der Waals surface area contributed by atoms with Crippen molar-refractivity contribution >= 4 is 37.4 Å². The van der Waals surface area contributed by atoms with Crippen LogP contribution in [0, 0.1) is 6.92 Å². The molecule has 0 aliphatic heterocycles. The van der Waals surface area contributed by atoms with Crippen molar-refractivity contribution < 1.29 is 0 Å². The fourth-order valence-corrected chi connectivity index (χ4v) is 5.51. The molecule has 1 nitrogen and oxygen atoms in total. The van der Waals surface area contributed by atoms with Crippen LogP contribution >= 0.6 is 0 Å². The van der Waals surface area contributed by atoms with Crippen LogP contribution in [0.1, 0.15) is 5.56 Å². The molecule has 2 aromatic carbocycles. The molecule has 0 atom stereocenters. The van der Waals surface area contributed by atoms with Crippen molar-refractivity contribution in [3.63, 3.8) is 0 Å². The highest BCUT2D eigenvalue weighted by molar-refractivity contribution is 6.89. The summed E-state index contributed by atoms with van der Waals surface area (Å²) in [5.74, 6) is 0. The maximum atomic E-state index is 4.99. The number of rotatable bonds is 3. The number of fused-ring (bicyclic) bond motifs is 1. The van der Waals surface area contributed by atoms with E-state index in [2.05, 4.69) is 94.7 Å². The van der Waals surface area contributed by atoms with E-state index in [1.807, 2.05) is 0 Å². The Labute approximate surface area is 154 Å². The van der Waals surface area contributed by atoms with Crippen LogP contribution < -0.4 is 10.4 Å². The van der Waals surface area contributed by atoms with Crippen molar-refractivity contribution in [3.05, 3.63) is 54.1 Å². The van der Waals surface area contributed by atoms with Gasteiger partial charge in [0.1, 0.15) is 0 Å². The maximum absolute atomic E-state index is 4.99.